The lowest BCUT2D eigenvalue weighted by Crippen LogP contribution is -2.44. The van der Waals surface area contributed by atoms with Crippen LogP contribution in [0.1, 0.15) is 43.2 Å². The monoisotopic (exact) mass is 421 g/mol. The molecular weight excluding hydrogens is 394 g/mol. The Balaban J connectivity index is 1.54. The smallest absolute Gasteiger partial charge is 0.246 e. The minimum Gasteiger partial charge on any atom is -0.360 e. The van der Waals surface area contributed by atoms with Crippen LogP contribution in [0.5, 0.6) is 0 Å². The van der Waals surface area contributed by atoms with Crippen LogP contribution in [0.2, 0.25) is 0 Å². The van der Waals surface area contributed by atoms with Crippen LogP contribution in [0.25, 0.3) is 0 Å². The molecule has 0 aromatic carbocycles. The van der Waals surface area contributed by atoms with Gasteiger partial charge in [-0.2, -0.15) is 4.72 Å². The van der Waals surface area contributed by atoms with Crippen molar-refractivity contribution in [2.75, 3.05) is 18.0 Å². The lowest BCUT2D eigenvalue weighted by atomic mass is 10.1. The van der Waals surface area contributed by atoms with E-state index in [1.807, 2.05) is 12.1 Å². The minimum absolute atomic E-state index is 0.0327. The number of pyridine rings is 1. The first-order chi connectivity index (χ1) is 13.8. The normalized spacial score (nSPS) is 15.9. The zero-order valence-corrected chi connectivity index (χ0v) is 17.8. The van der Waals surface area contributed by atoms with E-state index in [4.69, 9.17) is 4.52 Å². The molecule has 1 saturated heterocycles. The Kier molecular flexibility index (Phi) is 6.53. The van der Waals surface area contributed by atoms with E-state index in [0.29, 0.717) is 0 Å². The van der Waals surface area contributed by atoms with Gasteiger partial charge in [-0.25, -0.2) is 13.4 Å². The third kappa shape index (κ3) is 5.13. The number of amides is 1. The summed E-state index contributed by atoms with van der Waals surface area (Å²) >= 11 is 0. The van der Waals surface area contributed by atoms with Gasteiger partial charge in [0.15, 0.2) is 5.76 Å². The van der Waals surface area contributed by atoms with Crippen molar-refractivity contribution in [1.29, 1.82) is 0 Å². The summed E-state index contributed by atoms with van der Waals surface area (Å²) in [5.41, 5.74) is 1.10. The summed E-state index contributed by atoms with van der Waals surface area (Å²) in [5.74, 6) is 0.697. The Hall–Kier alpha value is -2.46. The van der Waals surface area contributed by atoms with Gasteiger partial charge in [-0.3, -0.25) is 4.79 Å². The van der Waals surface area contributed by atoms with Crippen molar-refractivity contribution in [2.24, 2.45) is 0 Å². The molecule has 2 aromatic rings. The van der Waals surface area contributed by atoms with Crippen LogP contribution in [0.4, 0.5) is 5.82 Å². The molecule has 1 aliphatic heterocycles. The molecule has 3 rings (SSSR count). The van der Waals surface area contributed by atoms with Gasteiger partial charge in [-0.1, -0.05) is 11.2 Å². The lowest BCUT2D eigenvalue weighted by Gasteiger charge is -2.27. The maximum Gasteiger partial charge on any atom is 0.246 e. The lowest BCUT2D eigenvalue weighted by molar-refractivity contribution is -0.122. The molecule has 2 N–H and O–H groups in total. The van der Waals surface area contributed by atoms with Crippen LogP contribution in [0.3, 0.4) is 0 Å². The van der Waals surface area contributed by atoms with E-state index in [0.717, 1.165) is 24.5 Å². The first-order valence-corrected chi connectivity index (χ1v) is 11.2. The number of anilines is 1. The summed E-state index contributed by atoms with van der Waals surface area (Å²) in [4.78, 5) is 19.1. The van der Waals surface area contributed by atoms with Crippen molar-refractivity contribution in [3.05, 3.63) is 35.3 Å². The topological polar surface area (TPSA) is 117 Å². The fourth-order valence-electron chi connectivity index (χ4n) is 3.38. The molecule has 0 saturated carbocycles. The molecule has 0 unspecified atom stereocenters. The average Bonchev–Trinajstić information content (AvgIpc) is 3.06. The molecule has 0 spiro atoms. The number of nitrogens with zero attached hydrogens (tertiary/aromatic N) is 3. The maximum absolute atomic E-state index is 12.5. The molecule has 1 fully saturated rings. The summed E-state index contributed by atoms with van der Waals surface area (Å²) in [5, 5.41) is 6.38. The highest BCUT2D eigenvalue weighted by molar-refractivity contribution is 7.89. The second-order valence-electron chi connectivity index (χ2n) is 7.29. The van der Waals surface area contributed by atoms with Crippen molar-refractivity contribution in [1.82, 2.24) is 20.2 Å². The van der Waals surface area contributed by atoms with Gasteiger partial charge in [0, 0.05) is 25.8 Å². The van der Waals surface area contributed by atoms with E-state index in [-0.39, 0.29) is 22.9 Å². The molecule has 9 nitrogen and oxygen atoms in total. The standard InChI is InChI=1S/C19H27N5O4S/c1-13-18(15(3)28-22-13)29(26,27)23-14(2)19(25)21-12-16-7-8-17(20-11-16)24-9-5-4-6-10-24/h7-8,11,14,23H,4-6,9-10,12H2,1-3H3,(H,21,25)/t14-/m0/s1. The largest absolute Gasteiger partial charge is 0.360 e. The van der Waals surface area contributed by atoms with Crippen LogP contribution in [0.15, 0.2) is 27.7 Å². The predicted molar refractivity (Wildman–Crippen MR) is 108 cm³/mol. The Labute approximate surface area is 170 Å². The number of piperidine rings is 1. The van der Waals surface area contributed by atoms with E-state index < -0.39 is 22.0 Å². The maximum atomic E-state index is 12.5. The average molecular weight is 422 g/mol. The molecule has 1 atom stereocenters. The Morgan fingerprint density at radius 2 is 1.97 bits per heavy atom. The van der Waals surface area contributed by atoms with Crippen molar-refractivity contribution >= 4 is 21.7 Å². The highest BCUT2D eigenvalue weighted by Crippen LogP contribution is 2.19. The van der Waals surface area contributed by atoms with E-state index in [1.165, 1.54) is 40.0 Å². The van der Waals surface area contributed by atoms with Crippen molar-refractivity contribution in [3.8, 4) is 0 Å². The molecule has 0 radical (unpaired) electrons. The summed E-state index contributed by atoms with van der Waals surface area (Å²) in [7, 11) is -3.91. The number of carbonyl (C=O) groups is 1. The number of rotatable bonds is 7. The van der Waals surface area contributed by atoms with Gasteiger partial charge in [0.05, 0.1) is 6.04 Å². The summed E-state index contributed by atoms with van der Waals surface area (Å²) in [6.07, 6.45) is 5.37. The van der Waals surface area contributed by atoms with Crippen molar-refractivity contribution in [3.63, 3.8) is 0 Å². The fourth-order valence-corrected chi connectivity index (χ4v) is 4.91. The summed E-state index contributed by atoms with van der Waals surface area (Å²) in [6, 6.07) is 2.93. The molecule has 10 heteroatoms. The van der Waals surface area contributed by atoms with Gasteiger partial charge < -0.3 is 14.7 Å². The Morgan fingerprint density at radius 3 is 2.55 bits per heavy atom. The van der Waals surface area contributed by atoms with Crippen LogP contribution in [-0.2, 0) is 21.4 Å². The summed E-state index contributed by atoms with van der Waals surface area (Å²) in [6.45, 7) is 6.85. The van der Waals surface area contributed by atoms with Gasteiger partial charge >= 0.3 is 0 Å². The van der Waals surface area contributed by atoms with Crippen LogP contribution >= 0.6 is 0 Å². The third-order valence-electron chi connectivity index (χ3n) is 4.92. The van der Waals surface area contributed by atoms with Gasteiger partial charge in [-0.05, 0) is 51.7 Å². The quantitative estimate of drug-likeness (QED) is 0.698. The number of carbonyl (C=O) groups excluding carboxylic acids is 1. The molecule has 1 amide bonds. The number of hydrogen-bond donors (Lipinski definition) is 2. The number of nitrogens with one attached hydrogen (secondary N) is 2. The minimum atomic E-state index is -3.91. The SMILES string of the molecule is Cc1noc(C)c1S(=O)(=O)N[C@@H](C)C(=O)NCc1ccc(N2CCCCC2)nc1. The first-order valence-electron chi connectivity index (χ1n) is 9.71. The third-order valence-corrected chi connectivity index (χ3v) is 6.70. The van der Waals surface area contributed by atoms with E-state index >= 15 is 0 Å². The number of hydrogen-bond acceptors (Lipinski definition) is 7. The van der Waals surface area contributed by atoms with Gasteiger partial charge in [-0.15, -0.1) is 0 Å². The predicted octanol–water partition coefficient (Wildman–Crippen LogP) is 1.66. The highest BCUT2D eigenvalue weighted by atomic mass is 32.2. The summed E-state index contributed by atoms with van der Waals surface area (Å²) < 4.78 is 32.3. The van der Waals surface area contributed by atoms with E-state index in [2.05, 4.69) is 25.1 Å². The zero-order valence-electron chi connectivity index (χ0n) is 16.9. The van der Waals surface area contributed by atoms with Crippen LogP contribution in [0, 0.1) is 13.8 Å². The van der Waals surface area contributed by atoms with Gasteiger partial charge in [0.2, 0.25) is 15.9 Å². The zero-order chi connectivity index (χ0) is 21.0. The molecule has 29 heavy (non-hydrogen) atoms. The van der Waals surface area contributed by atoms with Crippen LogP contribution < -0.4 is 14.9 Å². The van der Waals surface area contributed by atoms with E-state index in [9.17, 15) is 13.2 Å². The molecule has 1 aliphatic rings. The second kappa shape index (κ2) is 8.91. The van der Waals surface area contributed by atoms with Crippen molar-refractivity contribution in [2.45, 2.75) is 57.5 Å². The molecule has 0 bridgehead atoms. The number of aromatic nitrogens is 2. The van der Waals surface area contributed by atoms with E-state index in [1.54, 1.807) is 6.20 Å². The molecule has 2 aromatic heterocycles. The Bertz CT molecular complexity index is 930. The van der Waals surface area contributed by atoms with Gasteiger partial charge in [0.1, 0.15) is 16.4 Å². The second-order valence-corrected chi connectivity index (χ2v) is 8.94. The number of aryl methyl sites for hydroxylation is 2. The molecule has 158 valence electrons. The molecule has 0 aliphatic carbocycles. The first kappa shape index (κ1) is 21.3. The fraction of sp³-hybridized carbons (Fsp3) is 0.526. The van der Waals surface area contributed by atoms with Gasteiger partial charge in [0.25, 0.3) is 0 Å². The molecular formula is C19H27N5O4S. The Morgan fingerprint density at radius 1 is 1.24 bits per heavy atom. The highest BCUT2D eigenvalue weighted by Gasteiger charge is 2.28. The van der Waals surface area contributed by atoms with Crippen LogP contribution in [-0.4, -0.2) is 43.6 Å². The number of sulfonamides is 1. The van der Waals surface area contributed by atoms with Crippen molar-refractivity contribution < 1.29 is 17.7 Å². The molecule has 3 heterocycles.